The van der Waals surface area contributed by atoms with Gasteiger partial charge < -0.3 is 9.47 Å². The SMILES string of the molecule is CC1CCC(c2ccc(-c3ccc(C4CCC(C(F)(F)Oc5cc(F)c(OC(F)(F)F)c(F)c5)CC4)cc3)c(F)c2)CC1. The van der Waals surface area contributed by atoms with Crippen LogP contribution < -0.4 is 9.47 Å². The summed E-state index contributed by atoms with van der Waals surface area (Å²) in [5.41, 5.74) is 3.20. The molecule has 3 aromatic carbocycles. The first-order chi connectivity index (χ1) is 20.3. The minimum atomic E-state index is -5.36. The summed E-state index contributed by atoms with van der Waals surface area (Å²) in [4.78, 5) is 0. The summed E-state index contributed by atoms with van der Waals surface area (Å²) in [7, 11) is 0. The van der Waals surface area contributed by atoms with Gasteiger partial charge in [-0.2, -0.15) is 8.78 Å². The molecule has 0 bridgehead atoms. The first kappa shape index (κ1) is 31.1. The molecule has 5 rings (SSSR count). The lowest BCUT2D eigenvalue weighted by Crippen LogP contribution is -2.37. The van der Waals surface area contributed by atoms with Crippen molar-refractivity contribution in [2.45, 2.75) is 82.6 Å². The highest BCUT2D eigenvalue weighted by atomic mass is 19.4. The number of alkyl halides is 5. The molecule has 3 aromatic rings. The third-order valence-corrected chi connectivity index (χ3v) is 8.82. The van der Waals surface area contributed by atoms with Gasteiger partial charge in [-0.25, -0.2) is 13.2 Å². The normalized spacial score (nSPS) is 23.2. The molecule has 0 unspecified atom stereocenters. The Hall–Kier alpha value is -3.30. The number of benzene rings is 3. The second-order valence-corrected chi connectivity index (χ2v) is 11.8. The second-order valence-electron chi connectivity index (χ2n) is 11.8. The molecule has 0 saturated heterocycles. The van der Waals surface area contributed by atoms with Crippen molar-refractivity contribution < 1.29 is 44.6 Å². The van der Waals surface area contributed by atoms with Crippen molar-refractivity contribution in [3.63, 3.8) is 0 Å². The number of hydrogen-bond acceptors (Lipinski definition) is 2. The summed E-state index contributed by atoms with van der Waals surface area (Å²) in [5.74, 6) is -6.77. The van der Waals surface area contributed by atoms with Gasteiger partial charge in [0.05, 0.1) is 5.92 Å². The Balaban J connectivity index is 1.18. The Morgan fingerprint density at radius 2 is 1.14 bits per heavy atom. The summed E-state index contributed by atoms with van der Waals surface area (Å²) in [6.07, 6.45) is -3.83. The van der Waals surface area contributed by atoms with Crippen molar-refractivity contribution in [2.75, 3.05) is 0 Å². The number of hydrogen-bond donors (Lipinski definition) is 0. The lowest BCUT2D eigenvalue weighted by molar-refractivity contribution is -0.276. The van der Waals surface area contributed by atoms with Crippen LogP contribution in [0.5, 0.6) is 11.5 Å². The van der Waals surface area contributed by atoms with Crippen LogP contribution in [-0.4, -0.2) is 12.5 Å². The van der Waals surface area contributed by atoms with Crippen molar-refractivity contribution in [2.24, 2.45) is 11.8 Å². The van der Waals surface area contributed by atoms with E-state index in [1.807, 2.05) is 36.4 Å². The molecule has 0 heterocycles. The molecule has 0 N–H and O–H groups in total. The summed E-state index contributed by atoms with van der Waals surface area (Å²) >= 11 is 0. The molecule has 0 amide bonds. The predicted octanol–water partition coefficient (Wildman–Crippen LogP) is 10.9. The van der Waals surface area contributed by atoms with E-state index in [2.05, 4.69) is 16.4 Å². The summed E-state index contributed by atoms with van der Waals surface area (Å²) in [6.45, 7) is 2.25. The Morgan fingerprint density at radius 3 is 1.70 bits per heavy atom. The van der Waals surface area contributed by atoms with E-state index < -0.39 is 41.5 Å². The van der Waals surface area contributed by atoms with E-state index in [-0.39, 0.29) is 36.7 Å². The quantitative estimate of drug-likeness (QED) is 0.247. The van der Waals surface area contributed by atoms with Gasteiger partial charge in [0.2, 0.25) is 5.75 Å². The molecule has 2 saturated carbocycles. The molecule has 2 aliphatic rings. The maximum atomic E-state index is 15.1. The lowest BCUT2D eigenvalue weighted by Gasteiger charge is -2.33. The molecule has 2 fully saturated rings. The highest BCUT2D eigenvalue weighted by molar-refractivity contribution is 5.65. The molecule has 0 atom stereocenters. The Labute approximate surface area is 245 Å². The average molecular weight is 613 g/mol. The van der Waals surface area contributed by atoms with E-state index in [1.165, 1.54) is 0 Å². The molecule has 0 radical (unpaired) electrons. The van der Waals surface area contributed by atoms with E-state index in [1.54, 1.807) is 6.07 Å². The van der Waals surface area contributed by atoms with Crippen molar-refractivity contribution in [3.05, 3.63) is 83.2 Å². The predicted molar refractivity (Wildman–Crippen MR) is 146 cm³/mol. The molecule has 2 aliphatic carbocycles. The van der Waals surface area contributed by atoms with Crippen LogP contribution in [-0.2, 0) is 0 Å². The third kappa shape index (κ3) is 7.44. The molecule has 43 heavy (non-hydrogen) atoms. The molecule has 232 valence electrons. The van der Waals surface area contributed by atoms with Crippen LogP contribution in [0.15, 0.2) is 54.6 Å². The Morgan fingerprint density at radius 1 is 0.605 bits per heavy atom. The maximum Gasteiger partial charge on any atom is 0.573 e. The minimum Gasteiger partial charge on any atom is -0.432 e. The van der Waals surface area contributed by atoms with Crippen LogP contribution in [0.1, 0.15) is 81.3 Å². The van der Waals surface area contributed by atoms with Crippen LogP contribution in [0.2, 0.25) is 0 Å². The first-order valence-electron chi connectivity index (χ1n) is 14.5. The fraction of sp³-hybridized carbons (Fsp3) is 0.455. The molecule has 2 nitrogen and oxygen atoms in total. The average Bonchev–Trinajstić information content (AvgIpc) is 2.95. The number of halogens is 8. The Kier molecular flexibility index (Phi) is 8.95. The lowest BCUT2D eigenvalue weighted by atomic mass is 9.78. The smallest absolute Gasteiger partial charge is 0.432 e. The topological polar surface area (TPSA) is 18.5 Å². The van der Waals surface area contributed by atoms with E-state index in [0.717, 1.165) is 42.4 Å². The van der Waals surface area contributed by atoms with Gasteiger partial charge >= 0.3 is 12.5 Å². The zero-order valence-corrected chi connectivity index (χ0v) is 23.5. The fourth-order valence-electron chi connectivity index (χ4n) is 6.36. The first-order valence-corrected chi connectivity index (χ1v) is 14.5. The second kappa shape index (κ2) is 12.4. The van der Waals surface area contributed by atoms with Gasteiger partial charge in [0.1, 0.15) is 11.6 Å². The van der Waals surface area contributed by atoms with Gasteiger partial charge in [0.15, 0.2) is 11.6 Å². The van der Waals surface area contributed by atoms with Crippen LogP contribution in [0.3, 0.4) is 0 Å². The van der Waals surface area contributed by atoms with Gasteiger partial charge in [-0.3, -0.25) is 0 Å². The van der Waals surface area contributed by atoms with E-state index >= 15 is 4.39 Å². The summed E-state index contributed by atoms with van der Waals surface area (Å²) in [6, 6.07) is 13.3. The molecule has 10 heteroatoms. The zero-order chi connectivity index (χ0) is 30.9. The van der Waals surface area contributed by atoms with E-state index in [9.17, 15) is 30.7 Å². The minimum absolute atomic E-state index is 0.0179. The van der Waals surface area contributed by atoms with Gasteiger partial charge in [-0.15, -0.1) is 13.2 Å². The third-order valence-electron chi connectivity index (χ3n) is 8.82. The highest BCUT2D eigenvalue weighted by Gasteiger charge is 2.44. The largest absolute Gasteiger partial charge is 0.573 e. The molecule has 0 aliphatic heterocycles. The monoisotopic (exact) mass is 612 g/mol. The maximum absolute atomic E-state index is 15.1. The summed E-state index contributed by atoms with van der Waals surface area (Å²) < 4.78 is 118. The van der Waals surface area contributed by atoms with E-state index in [4.69, 9.17) is 0 Å². The van der Waals surface area contributed by atoms with Crippen LogP contribution >= 0.6 is 0 Å². The fourth-order valence-corrected chi connectivity index (χ4v) is 6.36. The van der Waals surface area contributed by atoms with Gasteiger partial charge in [-0.05, 0) is 79.0 Å². The van der Waals surface area contributed by atoms with Crippen molar-refractivity contribution >= 4 is 0 Å². The van der Waals surface area contributed by atoms with Crippen LogP contribution in [0.25, 0.3) is 11.1 Å². The van der Waals surface area contributed by atoms with Crippen LogP contribution in [0, 0.1) is 29.3 Å². The molecular formula is C33H32F8O2. The molecular weight excluding hydrogens is 580 g/mol. The Bertz CT molecular complexity index is 1380. The van der Waals surface area contributed by atoms with Gasteiger partial charge in [-0.1, -0.05) is 56.2 Å². The summed E-state index contributed by atoms with van der Waals surface area (Å²) in [5, 5.41) is 0. The van der Waals surface area contributed by atoms with Gasteiger partial charge in [0, 0.05) is 17.7 Å². The van der Waals surface area contributed by atoms with Crippen molar-refractivity contribution in [1.29, 1.82) is 0 Å². The van der Waals surface area contributed by atoms with Crippen LogP contribution in [0.4, 0.5) is 35.1 Å². The zero-order valence-electron chi connectivity index (χ0n) is 23.5. The molecule has 0 spiro atoms. The highest BCUT2D eigenvalue weighted by Crippen LogP contribution is 2.44. The number of ether oxygens (including phenoxy) is 2. The standard InChI is InChI=1S/C33H32F8O2/c1-19-2-4-22(5-3-19)24-12-15-27(28(34)16-24)23-8-6-20(7-9-23)21-10-13-25(14-11-21)32(37,38)42-26-17-29(35)31(30(36)18-26)43-33(39,40)41/h6-9,12,15-19,21-22,25H,2-5,10-11,13-14H2,1H3. The van der Waals surface area contributed by atoms with E-state index in [0.29, 0.717) is 30.2 Å². The number of rotatable bonds is 7. The molecule has 0 aromatic heterocycles. The van der Waals surface area contributed by atoms with Crippen molar-refractivity contribution in [3.8, 4) is 22.6 Å². The van der Waals surface area contributed by atoms with Gasteiger partial charge in [0.25, 0.3) is 0 Å². The van der Waals surface area contributed by atoms with Crippen molar-refractivity contribution in [1.82, 2.24) is 0 Å².